The molecule has 1 aliphatic heterocycles. The second-order valence-electron chi connectivity index (χ2n) is 4.84. The summed E-state index contributed by atoms with van der Waals surface area (Å²) >= 11 is 0. The van der Waals surface area contributed by atoms with Gasteiger partial charge in [-0.3, -0.25) is 9.69 Å². The Balaban J connectivity index is 2.08. The normalized spacial score (nSPS) is 24.6. The van der Waals surface area contributed by atoms with E-state index in [1.165, 1.54) is 0 Å². The van der Waals surface area contributed by atoms with Crippen LogP contribution >= 0.6 is 0 Å². The van der Waals surface area contributed by atoms with Crippen LogP contribution in [-0.2, 0) is 17.9 Å². The van der Waals surface area contributed by atoms with Crippen LogP contribution in [-0.4, -0.2) is 48.8 Å². The first kappa shape index (κ1) is 12.9. The second-order valence-corrected chi connectivity index (χ2v) is 4.84. The molecule has 1 aromatic rings. The predicted molar refractivity (Wildman–Crippen MR) is 63.7 cm³/mol. The van der Waals surface area contributed by atoms with Crippen molar-refractivity contribution in [3.63, 3.8) is 0 Å². The van der Waals surface area contributed by atoms with Gasteiger partial charge >= 0.3 is 5.97 Å². The minimum Gasteiger partial charge on any atom is -0.480 e. The van der Waals surface area contributed by atoms with Gasteiger partial charge < -0.3 is 5.11 Å². The van der Waals surface area contributed by atoms with Crippen molar-refractivity contribution in [1.82, 2.24) is 25.1 Å². The molecule has 18 heavy (non-hydrogen) atoms. The quantitative estimate of drug-likeness (QED) is 0.816. The maximum absolute atomic E-state index is 11.3. The van der Waals surface area contributed by atoms with Crippen LogP contribution in [0.25, 0.3) is 0 Å². The van der Waals surface area contributed by atoms with Gasteiger partial charge in [-0.15, -0.1) is 5.10 Å². The molecule has 0 saturated carbocycles. The summed E-state index contributed by atoms with van der Waals surface area (Å²) in [6.07, 6.45) is 1.86. The van der Waals surface area contributed by atoms with Crippen molar-refractivity contribution < 1.29 is 9.90 Å². The number of hydrogen-bond donors (Lipinski definition) is 1. The molecule has 1 aliphatic rings. The molecule has 7 nitrogen and oxygen atoms in total. The first-order chi connectivity index (χ1) is 8.63. The van der Waals surface area contributed by atoms with Crippen molar-refractivity contribution in [3.05, 3.63) is 5.82 Å². The van der Waals surface area contributed by atoms with Crippen molar-refractivity contribution in [2.45, 2.75) is 45.8 Å². The molecule has 1 fully saturated rings. The Bertz CT molecular complexity index is 419. The molecule has 0 aliphatic carbocycles. The largest absolute Gasteiger partial charge is 0.480 e. The molecule has 2 unspecified atom stereocenters. The van der Waals surface area contributed by atoms with Crippen LogP contribution in [0.4, 0.5) is 0 Å². The van der Waals surface area contributed by atoms with Gasteiger partial charge in [-0.2, -0.15) is 0 Å². The van der Waals surface area contributed by atoms with Crippen molar-refractivity contribution in [3.8, 4) is 0 Å². The Kier molecular flexibility index (Phi) is 3.90. The number of aryl methyl sites for hydroxylation is 1. The smallest absolute Gasteiger partial charge is 0.321 e. The molecule has 7 heteroatoms. The third kappa shape index (κ3) is 2.50. The molecule has 0 aromatic carbocycles. The Morgan fingerprint density at radius 1 is 1.56 bits per heavy atom. The van der Waals surface area contributed by atoms with Gasteiger partial charge in [-0.25, -0.2) is 4.68 Å². The Morgan fingerprint density at radius 3 is 3.00 bits per heavy atom. The van der Waals surface area contributed by atoms with Gasteiger partial charge in [-0.05, 0) is 35.7 Å². The predicted octanol–water partition coefficient (Wildman–Crippen LogP) is 0.378. The summed E-state index contributed by atoms with van der Waals surface area (Å²) in [6.45, 7) is 6.10. The zero-order chi connectivity index (χ0) is 13.1. The van der Waals surface area contributed by atoms with E-state index < -0.39 is 12.0 Å². The lowest BCUT2D eigenvalue weighted by Gasteiger charge is -2.22. The van der Waals surface area contributed by atoms with Gasteiger partial charge in [0, 0.05) is 6.54 Å². The number of carbonyl (C=O) groups is 1. The van der Waals surface area contributed by atoms with Crippen LogP contribution in [0.15, 0.2) is 0 Å². The van der Waals surface area contributed by atoms with Crippen molar-refractivity contribution in [2.24, 2.45) is 5.92 Å². The highest BCUT2D eigenvalue weighted by atomic mass is 16.4. The van der Waals surface area contributed by atoms with E-state index in [1.54, 1.807) is 4.68 Å². The first-order valence-corrected chi connectivity index (χ1v) is 6.35. The number of aromatic nitrogens is 4. The number of aliphatic carboxylic acids is 1. The lowest BCUT2D eigenvalue weighted by atomic mass is 10.0. The first-order valence-electron chi connectivity index (χ1n) is 6.35. The number of likely N-dealkylation sites (tertiary alicyclic amines) is 1. The van der Waals surface area contributed by atoms with Gasteiger partial charge in [0.25, 0.3) is 0 Å². The molecule has 2 heterocycles. The molecule has 2 atom stereocenters. The highest BCUT2D eigenvalue weighted by molar-refractivity contribution is 5.74. The van der Waals surface area contributed by atoms with E-state index in [9.17, 15) is 9.90 Å². The Hall–Kier alpha value is -1.50. The number of nitrogens with zero attached hydrogens (tertiary/aromatic N) is 5. The van der Waals surface area contributed by atoms with Gasteiger partial charge in [0.05, 0.1) is 6.54 Å². The monoisotopic (exact) mass is 253 g/mol. The maximum Gasteiger partial charge on any atom is 0.321 e. The van der Waals surface area contributed by atoms with Gasteiger partial charge in [0.1, 0.15) is 6.04 Å². The van der Waals surface area contributed by atoms with Crippen LogP contribution < -0.4 is 0 Å². The van der Waals surface area contributed by atoms with Crippen molar-refractivity contribution >= 4 is 5.97 Å². The SMILES string of the molecule is CCCn1nnnc1CN1CCC(C)C1C(=O)O. The number of carboxylic acids is 1. The highest BCUT2D eigenvalue weighted by Gasteiger charge is 2.37. The average Bonchev–Trinajstić information content (AvgIpc) is 2.88. The van der Waals surface area contributed by atoms with Crippen LogP contribution in [0, 0.1) is 5.92 Å². The molecular weight excluding hydrogens is 234 g/mol. The third-order valence-electron chi connectivity index (χ3n) is 3.44. The molecule has 2 rings (SSSR count). The standard InChI is InChI=1S/C11H19N5O2/c1-3-5-16-9(12-13-14-16)7-15-6-4-8(2)10(15)11(17)18/h8,10H,3-7H2,1-2H3,(H,17,18). The van der Waals surface area contributed by atoms with E-state index in [2.05, 4.69) is 22.4 Å². The highest BCUT2D eigenvalue weighted by Crippen LogP contribution is 2.25. The van der Waals surface area contributed by atoms with Crippen LogP contribution in [0.2, 0.25) is 0 Å². The lowest BCUT2D eigenvalue weighted by molar-refractivity contribution is -0.143. The fourth-order valence-corrected chi connectivity index (χ4v) is 2.51. The molecule has 0 spiro atoms. The third-order valence-corrected chi connectivity index (χ3v) is 3.44. The van der Waals surface area contributed by atoms with Crippen molar-refractivity contribution in [2.75, 3.05) is 6.54 Å². The lowest BCUT2D eigenvalue weighted by Crippen LogP contribution is -2.39. The van der Waals surface area contributed by atoms with E-state index in [-0.39, 0.29) is 5.92 Å². The van der Waals surface area contributed by atoms with Gasteiger partial charge in [0.15, 0.2) is 5.82 Å². The topological polar surface area (TPSA) is 84.1 Å². The molecule has 100 valence electrons. The summed E-state index contributed by atoms with van der Waals surface area (Å²) in [5.74, 6) is 0.171. The summed E-state index contributed by atoms with van der Waals surface area (Å²) < 4.78 is 1.75. The Labute approximate surface area is 106 Å². The molecule has 1 N–H and O–H groups in total. The van der Waals surface area contributed by atoms with Crippen LogP contribution in [0.1, 0.15) is 32.5 Å². The zero-order valence-corrected chi connectivity index (χ0v) is 10.8. The van der Waals surface area contributed by atoms with E-state index in [0.29, 0.717) is 6.54 Å². The van der Waals surface area contributed by atoms with Crippen LogP contribution in [0.5, 0.6) is 0 Å². The summed E-state index contributed by atoms with van der Waals surface area (Å²) in [5, 5.41) is 20.8. The fourth-order valence-electron chi connectivity index (χ4n) is 2.51. The number of carboxylic acid groups (broad SMARTS) is 1. The minimum atomic E-state index is -0.755. The number of rotatable bonds is 5. The van der Waals surface area contributed by atoms with Gasteiger partial charge in [-0.1, -0.05) is 13.8 Å². The molecule has 1 aromatic heterocycles. The van der Waals surface area contributed by atoms with Crippen LogP contribution in [0.3, 0.4) is 0 Å². The minimum absolute atomic E-state index is 0.179. The number of tetrazole rings is 1. The summed E-state index contributed by atoms with van der Waals surface area (Å²) in [5.41, 5.74) is 0. The summed E-state index contributed by atoms with van der Waals surface area (Å²) in [7, 11) is 0. The molecule has 0 radical (unpaired) electrons. The van der Waals surface area contributed by atoms with E-state index >= 15 is 0 Å². The summed E-state index contributed by atoms with van der Waals surface area (Å²) in [4.78, 5) is 13.2. The second kappa shape index (κ2) is 5.43. The fraction of sp³-hybridized carbons (Fsp3) is 0.818. The average molecular weight is 253 g/mol. The van der Waals surface area contributed by atoms with E-state index in [4.69, 9.17) is 0 Å². The molecule has 0 bridgehead atoms. The molecule has 1 saturated heterocycles. The van der Waals surface area contributed by atoms with E-state index in [0.717, 1.165) is 31.8 Å². The van der Waals surface area contributed by atoms with Gasteiger partial charge in [0.2, 0.25) is 0 Å². The maximum atomic E-state index is 11.3. The van der Waals surface area contributed by atoms with E-state index in [1.807, 2.05) is 11.8 Å². The molecule has 0 amide bonds. The number of hydrogen-bond acceptors (Lipinski definition) is 5. The van der Waals surface area contributed by atoms with Crippen molar-refractivity contribution in [1.29, 1.82) is 0 Å². The zero-order valence-electron chi connectivity index (χ0n) is 10.8. The Morgan fingerprint density at radius 2 is 2.33 bits per heavy atom. The molecular formula is C11H19N5O2. The summed E-state index contributed by atoms with van der Waals surface area (Å²) in [6, 6.07) is -0.420.